The summed E-state index contributed by atoms with van der Waals surface area (Å²) in [6.07, 6.45) is 1.81. The number of aliphatic hydroxyl groups is 1. The standard InChI is InChI=1S/C16H20N2O2/c1-11(9-19)12(2)18-15(20)13-3-5-14(6-4-13)16(10-17)7-8-16/h3-6,11-12,19H,7-9H2,1-2H3,(H,18,20). The van der Waals surface area contributed by atoms with Crippen LogP contribution in [0.4, 0.5) is 0 Å². The molecule has 1 aliphatic rings. The lowest BCUT2D eigenvalue weighted by Crippen LogP contribution is -2.38. The number of hydrogen-bond donors (Lipinski definition) is 2. The number of carbonyl (C=O) groups is 1. The van der Waals surface area contributed by atoms with Crippen LogP contribution in [0.5, 0.6) is 0 Å². The first-order valence-electron chi connectivity index (χ1n) is 6.96. The molecule has 0 saturated heterocycles. The summed E-state index contributed by atoms with van der Waals surface area (Å²) in [5.74, 6) is -0.127. The third kappa shape index (κ3) is 2.83. The highest BCUT2D eigenvalue weighted by atomic mass is 16.3. The fraction of sp³-hybridized carbons (Fsp3) is 0.500. The van der Waals surface area contributed by atoms with E-state index in [9.17, 15) is 4.79 Å². The summed E-state index contributed by atoms with van der Waals surface area (Å²) in [7, 11) is 0. The molecule has 1 aromatic carbocycles. The summed E-state index contributed by atoms with van der Waals surface area (Å²) < 4.78 is 0. The molecule has 0 aliphatic heterocycles. The Morgan fingerprint density at radius 3 is 2.45 bits per heavy atom. The predicted octanol–water partition coefficient (Wildman–Crippen LogP) is 1.99. The molecule has 2 unspecified atom stereocenters. The Kier molecular flexibility index (Phi) is 4.10. The second kappa shape index (κ2) is 5.64. The van der Waals surface area contributed by atoms with E-state index in [0.717, 1.165) is 18.4 Å². The number of nitrogens with one attached hydrogen (secondary N) is 1. The molecule has 0 radical (unpaired) electrons. The van der Waals surface area contributed by atoms with E-state index in [1.807, 2.05) is 26.0 Å². The number of hydrogen-bond acceptors (Lipinski definition) is 3. The number of carbonyl (C=O) groups excluding carboxylic acids is 1. The molecule has 106 valence electrons. The van der Waals surface area contributed by atoms with Crippen LogP contribution < -0.4 is 5.32 Å². The van der Waals surface area contributed by atoms with E-state index in [-0.39, 0.29) is 29.9 Å². The van der Waals surface area contributed by atoms with E-state index in [1.165, 1.54) is 0 Å². The molecule has 2 N–H and O–H groups in total. The molecular weight excluding hydrogens is 252 g/mol. The lowest BCUT2D eigenvalue weighted by molar-refractivity contribution is 0.0916. The minimum atomic E-state index is -0.312. The van der Waals surface area contributed by atoms with Gasteiger partial charge in [-0.3, -0.25) is 4.79 Å². The zero-order chi connectivity index (χ0) is 14.8. The Labute approximate surface area is 119 Å². The molecular formula is C16H20N2O2. The van der Waals surface area contributed by atoms with Crippen molar-refractivity contribution in [3.05, 3.63) is 35.4 Å². The number of aliphatic hydroxyl groups excluding tert-OH is 1. The summed E-state index contributed by atoms with van der Waals surface area (Å²) >= 11 is 0. The summed E-state index contributed by atoms with van der Waals surface area (Å²) in [5.41, 5.74) is 1.26. The Bertz CT molecular complexity index is 526. The molecule has 0 heterocycles. The van der Waals surface area contributed by atoms with Gasteiger partial charge in [0.05, 0.1) is 11.5 Å². The van der Waals surface area contributed by atoms with E-state index in [0.29, 0.717) is 5.56 Å². The van der Waals surface area contributed by atoms with Crippen molar-refractivity contribution in [2.45, 2.75) is 38.1 Å². The Hall–Kier alpha value is -1.86. The highest BCUT2D eigenvalue weighted by Crippen LogP contribution is 2.47. The van der Waals surface area contributed by atoms with Crippen molar-refractivity contribution >= 4 is 5.91 Å². The maximum atomic E-state index is 12.1. The largest absolute Gasteiger partial charge is 0.396 e. The van der Waals surface area contributed by atoms with E-state index in [2.05, 4.69) is 11.4 Å². The van der Waals surface area contributed by atoms with Gasteiger partial charge in [-0.15, -0.1) is 0 Å². The molecule has 1 fully saturated rings. The van der Waals surface area contributed by atoms with Crippen molar-refractivity contribution < 1.29 is 9.90 Å². The Morgan fingerprint density at radius 2 is 2.00 bits per heavy atom. The van der Waals surface area contributed by atoms with Crippen LogP contribution in [0.25, 0.3) is 0 Å². The first-order valence-corrected chi connectivity index (χ1v) is 6.96. The minimum Gasteiger partial charge on any atom is -0.396 e. The summed E-state index contributed by atoms with van der Waals surface area (Å²) in [5, 5.41) is 21.1. The third-order valence-corrected chi connectivity index (χ3v) is 4.16. The maximum Gasteiger partial charge on any atom is 0.251 e. The van der Waals surface area contributed by atoms with Gasteiger partial charge in [0.1, 0.15) is 0 Å². The molecule has 0 bridgehead atoms. The molecule has 4 nitrogen and oxygen atoms in total. The summed E-state index contributed by atoms with van der Waals surface area (Å²) in [4.78, 5) is 12.1. The zero-order valence-electron chi connectivity index (χ0n) is 11.9. The van der Waals surface area contributed by atoms with Gasteiger partial charge in [0.2, 0.25) is 0 Å². The van der Waals surface area contributed by atoms with E-state index >= 15 is 0 Å². The van der Waals surface area contributed by atoms with Gasteiger partial charge < -0.3 is 10.4 Å². The molecule has 2 atom stereocenters. The first kappa shape index (κ1) is 14.5. The van der Waals surface area contributed by atoms with Crippen molar-refractivity contribution in [3.63, 3.8) is 0 Å². The van der Waals surface area contributed by atoms with E-state index in [1.54, 1.807) is 12.1 Å². The first-order chi connectivity index (χ1) is 9.52. The van der Waals surface area contributed by atoms with Gasteiger partial charge in [-0.2, -0.15) is 5.26 Å². The molecule has 1 aromatic rings. The van der Waals surface area contributed by atoms with E-state index < -0.39 is 0 Å². The van der Waals surface area contributed by atoms with Crippen LogP contribution in [0.15, 0.2) is 24.3 Å². The van der Waals surface area contributed by atoms with Gasteiger partial charge in [0.15, 0.2) is 0 Å². The SMILES string of the molecule is CC(CO)C(C)NC(=O)c1ccc(C2(C#N)CC2)cc1. The highest BCUT2D eigenvalue weighted by Gasteiger charge is 2.44. The fourth-order valence-corrected chi connectivity index (χ4v) is 2.12. The van der Waals surface area contributed by atoms with Crippen LogP contribution in [0.3, 0.4) is 0 Å². The van der Waals surface area contributed by atoms with Crippen molar-refractivity contribution in [1.82, 2.24) is 5.32 Å². The molecule has 2 rings (SSSR count). The van der Waals surface area contributed by atoms with E-state index in [4.69, 9.17) is 10.4 Å². The van der Waals surface area contributed by atoms with Crippen LogP contribution in [0.2, 0.25) is 0 Å². The van der Waals surface area contributed by atoms with Crippen molar-refractivity contribution in [2.75, 3.05) is 6.61 Å². The van der Waals surface area contributed by atoms with Gasteiger partial charge >= 0.3 is 0 Å². The molecule has 1 aliphatic carbocycles. The second-order valence-electron chi connectivity index (χ2n) is 5.69. The van der Waals surface area contributed by atoms with Gasteiger partial charge in [0.25, 0.3) is 5.91 Å². The van der Waals surface area contributed by atoms with Crippen LogP contribution in [-0.2, 0) is 5.41 Å². The highest BCUT2D eigenvalue weighted by molar-refractivity contribution is 5.94. The average Bonchev–Trinajstić information content (AvgIpc) is 3.27. The van der Waals surface area contributed by atoms with Crippen LogP contribution in [0, 0.1) is 17.2 Å². The topological polar surface area (TPSA) is 73.1 Å². The lowest BCUT2D eigenvalue weighted by Gasteiger charge is -2.19. The second-order valence-corrected chi connectivity index (χ2v) is 5.69. The minimum absolute atomic E-state index is 0.0199. The van der Waals surface area contributed by atoms with Gasteiger partial charge in [-0.1, -0.05) is 19.1 Å². The summed E-state index contributed by atoms with van der Waals surface area (Å²) in [6.45, 7) is 3.81. The molecule has 0 spiro atoms. The Morgan fingerprint density at radius 1 is 1.40 bits per heavy atom. The number of benzene rings is 1. The fourth-order valence-electron chi connectivity index (χ4n) is 2.12. The van der Waals surface area contributed by atoms with Crippen molar-refractivity contribution in [1.29, 1.82) is 5.26 Å². The number of rotatable bonds is 5. The molecule has 4 heteroatoms. The van der Waals surface area contributed by atoms with Gasteiger partial charge in [-0.05, 0) is 43.4 Å². The smallest absolute Gasteiger partial charge is 0.251 e. The van der Waals surface area contributed by atoms with Crippen molar-refractivity contribution in [2.24, 2.45) is 5.92 Å². The van der Waals surface area contributed by atoms with Crippen LogP contribution in [0.1, 0.15) is 42.6 Å². The number of amides is 1. The van der Waals surface area contributed by atoms with Gasteiger partial charge in [0, 0.05) is 18.2 Å². The van der Waals surface area contributed by atoms with Crippen molar-refractivity contribution in [3.8, 4) is 6.07 Å². The molecule has 1 amide bonds. The quantitative estimate of drug-likeness (QED) is 0.861. The lowest BCUT2D eigenvalue weighted by atomic mass is 9.96. The molecule has 1 saturated carbocycles. The average molecular weight is 272 g/mol. The monoisotopic (exact) mass is 272 g/mol. The summed E-state index contributed by atoms with van der Waals surface area (Å²) in [6, 6.07) is 9.52. The third-order valence-electron chi connectivity index (χ3n) is 4.16. The number of nitriles is 1. The van der Waals surface area contributed by atoms with Crippen LogP contribution >= 0.6 is 0 Å². The van der Waals surface area contributed by atoms with Crippen LogP contribution in [-0.4, -0.2) is 23.7 Å². The normalized spacial score (nSPS) is 18.7. The van der Waals surface area contributed by atoms with Gasteiger partial charge in [-0.25, -0.2) is 0 Å². The zero-order valence-corrected chi connectivity index (χ0v) is 11.9. The molecule has 20 heavy (non-hydrogen) atoms. The Balaban J connectivity index is 2.03. The number of nitrogens with zero attached hydrogens (tertiary/aromatic N) is 1. The maximum absolute atomic E-state index is 12.1. The predicted molar refractivity (Wildman–Crippen MR) is 76.1 cm³/mol. The molecule has 0 aromatic heterocycles.